The van der Waals surface area contributed by atoms with Gasteiger partial charge in [-0.2, -0.15) is 0 Å². The maximum absolute atomic E-state index is 5.53. The van der Waals surface area contributed by atoms with Crippen LogP contribution in [-0.2, 0) is 9.47 Å². The van der Waals surface area contributed by atoms with E-state index >= 15 is 0 Å². The topological polar surface area (TPSA) is 18.5 Å². The van der Waals surface area contributed by atoms with Crippen LogP contribution in [0, 0.1) is 11.8 Å². The largest absolute Gasteiger partial charge is 0.466 e. The minimum atomic E-state index is 0.164. The first-order valence-corrected chi connectivity index (χ1v) is 14.7. The van der Waals surface area contributed by atoms with E-state index in [0.717, 1.165) is 35.5 Å². The molecule has 0 heterocycles. The monoisotopic (exact) mass is 422 g/mol. The summed E-state index contributed by atoms with van der Waals surface area (Å²) in [5.41, 5.74) is 0. The lowest BCUT2D eigenvalue weighted by atomic mass is 9.91. The second kappa shape index (κ2) is 16.3. The minimum absolute atomic E-state index is 0.164. The predicted molar refractivity (Wildman–Crippen MR) is 102 cm³/mol. The van der Waals surface area contributed by atoms with Crippen LogP contribution in [0.5, 0.6) is 0 Å². The number of hydrogen-bond donors (Lipinski definition) is 0. The third-order valence-electron chi connectivity index (χ3n) is 3.92. The molecule has 0 aromatic carbocycles. The lowest BCUT2D eigenvalue weighted by Gasteiger charge is -2.19. The van der Waals surface area contributed by atoms with Crippen molar-refractivity contribution in [1.29, 1.82) is 0 Å². The molecule has 0 aliphatic heterocycles. The molecule has 0 saturated carbocycles. The number of hydrogen-bond acceptors (Lipinski definition) is 2. The number of ether oxygens (including phenoxy) is 2. The zero-order valence-electron chi connectivity index (χ0n) is 14.7. The smallest absolute Gasteiger partial charge is 0.355 e. The first-order valence-electron chi connectivity index (χ1n) is 8.81. The molecule has 2 nitrogen and oxygen atoms in total. The highest BCUT2D eigenvalue weighted by molar-refractivity contribution is 14.1. The lowest BCUT2D eigenvalue weighted by Crippen LogP contribution is -2.08. The SMILES string of the molecule is CCCCCOCOCCCC(C)CC(C)C[CH](C)[Mg][I]. The van der Waals surface area contributed by atoms with Crippen LogP contribution in [-0.4, -0.2) is 36.5 Å². The Morgan fingerprint density at radius 2 is 1.57 bits per heavy atom. The molecule has 0 bridgehead atoms. The molecule has 0 fully saturated rings. The molecule has 0 aromatic heterocycles. The van der Waals surface area contributed by atoms with Gasteiger partial charge >= 0.3 is 16.5 Å². The molecular formula is C17H35IMgO2. The summed E-state index contributed by atoms with van der Waals surface area (Å²) in [5, 5.41) is 0. The molecule has 0 aliphatic carbocycles. The Morgan fingerprint density at radius 3 is 2.19 bits per heavy atom. The summed E-state index contributed by atoms with van der Waals surface area (Å²) in [6, 6.07) is 0. The molecule has 3 atom stereocenters. The molecule has 21 heavy (non-hydrogen) atoms. The second-order valence-corrected chi connectivity index (χ2v) is 11.1. The van der Waals surface area contributed by atoms with E-state index in [1.807, 2.05) is 0 Å². The molecule has 0 N–H and O–H groups in total. The van der Waals surface area contributed by atoms with Gasteiger partial charge in [-0.1, -0.05) is 47.0 Å². The van der Waals surface area contributed by atoms with Gasteiger partial charge in [-0.3, -0.25) is 0 Å². The van der Waals surface area contributed by atoms with E-state index in [1.54, 1.807) is 0 Å². The van der Waals surface area contributed by atoms with Crippen molar-refractivity contribution in [2.75, 3.05) is 20.0 Å². The summed E-state index contributed by atoms with van der Waals surface area (Å²) in [6.07, 6.45) is 8.94. The van der Waals surface area contributed by atoms with Gasteiger partial charge in [-0.15, -0.1) is 4.05 Å². The van der Waals surface area contributed by atoms with Gasteiger partial charge in [0, 0.05) is 13.2 Å². The van der Waals surface area contributed by atoms with Crippen LogP contribution >= 0.6 is 18.9 Å². The Balaban J connectivity index is 3.35. The van der Waals surface area contributed by atoms with Crippen molar-refractivity contribution < 1.29 is 9.47 Å². The van der Waals surface area contributed by atoms with Gasteiger partial charge in [-0.05, 0) is 37.5 Å². The van der Waals surface area contributed by atoms with Gasteiger partial charge in [0.1, 0.15) is 6.79 Å². The van der Waals surface area contributed by atoms with E-state index < -0.39 is 0 Å². The average Bonchev–Trinajstić information content (AvgIpc) is 2.45. The highest BCUT2D eigenvalue weighted by atomic mass is 127. The Labute approximate surface area is 152 Å². The van der Waals surface area contributed by atoms with Crippen molar-refractivity contribution >= 4 is 35.3 Å². The first kappa shape index (κ1) is 22.4. The van der Waals surface area contributed by atoms with Crippen molar-refractivity contribution in [2.24, 2.45) is 11.8 Å². The normalized spacial score (nSPS) is 15.5. The average molecular weight is 423 g/mol. The summed E-state index contributed by atoms with van der Waals surface area (Å²) < 4.78 is 12.0. The molecule has 0 saturated heterocycles. The zero-order valence-corrected chi connectivity index (χ0v) is 18.3. The zero-order chi connectivity index (χ0) is 15.9. The highest BCUT2D eigenvalue weighted by Crippen LogP contribution is 2.25. The van der Waals surface area contributed by atoms with Crippen LogP contribution in [0.25, 0.3) is 0 Å². The summed E-state index contributed by atoms with van der Waals surface area (Å²) in [4.78, 5) is 0. The molecule has 0 radical (unpaired) electrons. The van der Waals surface area contributed by atoms with E-state index in [1.165, 1.54) is 38.5 Å². The van der Waals surface area contributed by atoms with Gasteiger partial charge in [0.15, 0.2) is 0 Å². The number of unbranched alkanes of at least 4 members (excludes halogenated alkanes) is 2. The fraction of sp³-hybridized carbons (Fsp3) is 1.00. The van der Waals surface area contributed by atoms with Crippen LogP contribution < -0.4 is 0 Å². The van der Waals surface area contributed by atoms with E-state index in [9.17, 15) is 0 Å². The van der Waals surface area contributed by atoms with Crippen LogP contribution in [0.1, 0.15) is 72.6 Å². The first-order chi connectivity index (χ1) is 10.1. The van der Waals surface area contributed by atoms with Gasteiger partial charge in [-0.25, -0.2) is 0 Å². The summed E-state index contributed by atoms with van der Waals surface area (Å²) in [5.74, 6) is 1.72. The van der Waals surface area contributed by atoms with Crippen molar-refractivity contribution in [3.63, 3.8) is 0 Å². The lowest BCUT2D eigenvalue weighted by molar-refractivity contribution is -0.0560. The van der Waals surface area contributed by atoms with Crippen LogP contribution in [0.4, 0.5) is 0 Å². The number of rotatable bonds is 15. The van der Waals surface area contributed by atoms with Crippen molar-refractivity contribution in [1.82, 2.24) is 0 Å². The summed E-state index contributed by atoms with van der Waals surface area (Å²) in [7, 11) is 0. The minimum Gasteiger partial charge on any atom is -0.355 e. The molecule has 3 unspecified atom stereocenters. The maximum Gasteiger partial charge on any atom is 0.466 e. The third kappa shape index (κ3) is 16.1. The van der Waals surface area contributed by atoms with Crippen LogP contribution in [0.3, 0.4) is 0 Å². The fourth-order valence-corrected chi connectivity index (χ4v) is 4.59. The van der Waals surface area contributed by atoms with E-state index in [2.05, 4.69) is 46.5 Å². The summed E-state index contributed by atoms with van der Waals surface area (Å²) >= 11 is 2.80. The molecule has 0 amide bonds. The van der Waals surface area contributed by atoms with Crippen molar-refractivity contribution in [3.8, 4) is 0 Å². The molecule has 0 rings (SSSR count). The quantitative estimate of drug-likeness (QED) is 0.142. The van der Waals surface area contributed by atoms with Crippen LogP contribution in [0.2, 0.25) is 4.05 Å². The van der Waals surface area contributed by atoms with E-state index in [4.69, 9.17) is 9.47 Å². The van der Waals surface area contributed by atoms with Crippen molar-refractivity contribution in [3.05, 3.63) is 0 Å². The van der Waals surface area contributed by atoms with Gasteiger partial charge in [0.2, 0.25) is 0 Å². The summed E-state index contributed by atoms with van der Waals surface area (Å²) in [6.45, 7) is 11.6. The molecule has 0 aliphatic rings. The third-order valence-corrected chi connectivity index (χ3v) is 9.29. The fourth-order valence-electron chi connectivity index (χ4n) is 2.82. The van der Waals surface area contributed by atoms with Crippen LogP contribution in [0.15, 0.2) is 0 Å². The van der Waals surface area contributed by atoms with Gasteiger partial charge in [0.25, 0.3) is 0 Å². The van der Waals surface area contributed by atoms with Crippen molar-refractivity contribution in [2.45, 2.75) is 76.7 Å². The second-order valence-electron chi connectivity index (χ2n) is 6.72. The standard InChI is InChI=1S/C17H35O2.HI.Mg/c1-5-7-8-12-18-15-19-13-9-11-17(4)14-16(3)10-6-2;;/h6,16-17H,5,7-15H2,1-4H3;1H;/q;;+1/p-1. The molecular weight excluding hydrogens is 387 g/mol. The van der Waals surface area contributed by atoms with Gasteiger partial charge in [0.05, 0.1) is 0 Å². The van der Waals surface area contributed by atoms with E-state index in [0.29, 0.717) is 6.79 Å². The Kier molecular flexibility index (Phi) is 17.4. The Morgan fingerprint density at radius 1 is 0.905 bits per heavy atom. The predicted octanol–water partition coefficient (Wildman–Crippen LogP) is 5.86. The highest BCUT2D eigenvalue weighted by Gasteiger charge is 2.13. The Bertz CT molecular complexity index is 217. The molecule has 124 valence electrons. The van der Waals surface area contributed by atoms with Gasteiger partial charge < -0.3 is 28.3 Å². The molecule has 0 aromatic rings. The van der Waals surface area contributed by atoms with E-state index in [-0.39, 0.29) is 16.5 Å². The molecule has 4 heteroatoms. The Hall–Kier alpha value is 1.42. The number of halogens is 1. The molecule has 0 spiro atoms. The maximum atomic E-state index is 5.53.